The fourth-order valence-electron chi connectivity index (χ4n) is 2.87. The van der Waals surface area contributed by atoms with Crippen molar-refractivity contribution in [1.29, 1.82) is 0 Å². The molecule has 0 aromatic heterocycles. The van der Waals surface area contributed by atoms with E-state index in [1.54, 1.807) is 20.3 Å². The van der Waals surface area contributed by atoms with Gasteiger partial charge in [-0.25, -0.2) is 0 Å². The third-order valence-corrected chi connectivity index (χ3v) is 4.64. The molecule has 0 saturated heterocycles. The highest BCUT2D eigenvalue weighted by molar-refractivity contribution is 9.10. The third-order valence-electron chi connectivity index (χ3n) is 4.02. The molecule has 1 aromatic rings. The second-order valence-electron chi connectivity index (χ2n) is 5.30. The Morgan fingerprint density at radius 3 is 2.55 bits per heavy atom. The maximum absolute atomic E-state index is 12.5. The molecule has 2 rings (SSSR count). The Hall–Kier alpha value is -1.03. The second kappa shape index (κ2) is 7.11. The number of benzene rings is 1. The lowest BCUT2D eigenvalue weighted by Gasteiger charge is -2.13. The minimum atomic E-state index is 0.142. The molecule has 1 fully saturated rings. The molecule has 0 N–H and O–H groups in total. The SMILES string of the molecule is COc1cc(Br)c(C(=O)CCC2CCCC2)c(OC)c1. The number of carbonyl (C=O) groups is 1. The second-order valence-corrected chi connectivity index (χ2v) is 6.15. The lowest BCUT2D eigenvalue weighted by molar-refractivity contribution is 0.0970. The minimum Gasteiger partial charge on any atom is -0.497 e. The van der Waals surface area contributed by atoms with Crippen LogP contribution < -0.4 is 9.47 Å². The molecule has 0 bridgehead atoms. The smallest absolute Gasteiger partial charge is 0.167 e. The number of hydrogen-bond donors (Lipinski definition) is 0. The molecule has 1 aliphatic carbocycles. The zero-order chi connectivity index (χ0) is 14.5. The maximum atomic E-state index is 12.5. The van der Waals surface area contributed by atoms with Gasteiger partial charge in [0.05, 0.1) is 19.8 Å². The lowest BCUT2D eigenvalue weighted by Crippen LogP contribution is -2.06. The molecule has 20 heavy (non-hydrogen) atoms. The number of ether oxygens (including phenoxy) is 2. The molecule has 3 nitrogen and oxygen atoms in total. The lowest BCUT2D eigenvalue weighted by atomic mass is 9.97. The van der Waals surface area contributed by atoms with Gasteiger partial charge >= 0.3 is 0 Å². The van der Waals surface area contributed by atoms with Crippen LogP contribution in [0, 0.1) is 5.92 Å². The first-order valence-electron chi connectivity index (χ1n) is 7.10. The van der Waals surface area contributed by atoms with Gasteiger partial charge in [-0.2, -0.15) is 0 Å². The first-order chi connectivity index (χ1) is 9.65. The number of Topliss-reactive ketones (excluding diaryl/α,β-unsaturated/α-hetero) is 1. The van der Waals surface area contributed by atoms with Crippen molar-refractivity contribution in [1.82, 2.24) is 0 Å². The van der Waals surface area contributed by atoms with E-state index in [9.17, 15) is 4.79 Å². The zero-order valence-electron chi connectivity index (χ0n) is 12.1. The molecule has 0 heterocycles. The van der Waals surface area contributed by atoms with Crippen molar-refractivity contribution in [3.63, 3.8) is 0 Å². The van der Waals surface area contributed by atoms with Crippen LogP contribution in [-0.4, -0.2) is 20.0 Å². The number of rotatable bonds is 6. The highest BCUT2D eigenvalue weighted by Gasteiger charge is 2.21. The van der Waals surface area contributed by atoms with Crippen LogP contribution in [0.2, 0.25) is 0 Å². The number of hydrogen-bond acceptors (Lipinski definition) is 3. The maximum Gasteiger partial charge on any atom is 0.167 e. The van der Waals surface area contributed by atoms with Crippen LogP contribution in [0.15, 0.2) is 16.6 Å². The quantitative estimate of drug-likeness (QED) is 0.709. The summed E-state index contributed by atoms with van der Waals surface area (Å²) in [6.07, 6.45) is 6.75. The van der Waals surface area contributed by atoms with Crippen LogP contribution >= 0.6 is 15.9 Å². The number of methoxy groups -OCH3 is 2. The van der Waals surface area contributed by atoms with Gasteiger partial charge in [-0.15, -0.1) is 0 Å². The third kappa shape index (κ3) is 3.54. The fraction of sp³-hybridized carbons (Fsp3) is 0.562. The Morgan fingerprint density at radius 1 is 1.25 bits per heavy atom. The van der Waals surface area contributed by atoms with E-state index in [1.165, 1.54) is 25.7 Å². The summed E-state index contributed by atoms with van der Waals surface area (Å²) >= 11 is 3.45. The standard InChI is InChI=1S/C16H21BrO3/c1-19-12-9-13(17)16(15(10-12)20-2)14(18)8-7-11-5-3-4-6-11/h9-11H,3-8H2,1-2H3. The fourth-order valence-corrected chi connectivity index (χ4v) is 3.51. The largest absolute Gasteiger partial charge is 0.497 e. The molecule has 0 spiro atoms. The van der Waals surface area contributed by atoms with Crippen molar-refractivity contribution < 1.29 is 14.3 Å². The van der Waals surface area contributed by atoms with Crippen molar-refractivity contribution in [3.05, 3.63) is 22.2 Å². The van der Waals surface area contributed by atoms with Gasteiger partial charge in [0.2, 0.25) is 0 Å². The summed E-state index contributed by atoms with van der Waals surface area (Å²) in [7, 11) is 3.18. The molecular weight excluding hydrogens is 320 g/mol. The summed E-state index contributed by atoms with van der Waals surface area (Å²) in [6, 6.07) is 3.57. The number of carbonyl (C=O) groups excluding carboxylic acids is 1. The van der Waals surface area contributed by atoms with Gasteiger partial charge in [-0.05, 0) is 34.3 Å². The van der Waals surface area contributed by atoms with Gasteiger partial charge in [0.25, 0.3) is 0 Å². The van der Waals surface area contributed by atoms with Crippen molar-refractivity contribution in [2.24, 2.45) is 5.92 Å². The first kappa shape index (κ1) is 15.4. The van der Waals surface area contributed by atoms with E-state index in [1.807, 2.05) is 6.07 Å². The summed E-state index contributed by atoms with van der Waals surface area (Å²) in [5.41, 5.74) is 0.631. The molecule has 0 unspecified atom stereocenters. The molecule has 0 aliphatic heterocycles. The molecule has 1 aliphatic rings. The molecule has 1 aromatic carbocycles. The van der Waals surface area contributed by atoms with E-state index >= 15 is 0 Å². The Morgan fingerprint density at radius 2 is 1.95 bits per heavy atom. The molecule has 1 saturated carbocycles. The molecule has 0 atom stereocenters. The monoisotopic (exact) mass is 340 g/mol. The van der Waals surface area contributed by atoms with Crippen molar-refractivity contribution in [3.8, 4) is 11.5 Å². The van der Waals surface area contributed by atoms with E-state index in [-0.39, 0.29) is 5.78 Å². The van der Waals surface area contributed by atoms with E-state index < -0.39 is 0 Å². The van der Waals surface area contributed by atoms with E-state index in [2.05, 4.69) is 15.9 Å². The topological polar surface area (TPSA) is 35.5 Å². The van der Waals surface area contributed by atoms with E-state index in [0.29, 0.717) is 23.5 Å². The molecule has 4 heteroatoms. The first-order valence-corrected chi connectivity index (χ1v) is 7.89. The van der Waals surface area contributed by atoms with Crippen LogP contribution in [0.4, 0.5) is 0 Å². The van der Waals surface area contributed by atoms with Gasteiger partial charge in [0.15, 0.2) is 5.78 Å². The normalized spacial score (nSPS) is 15.3. The average molecular weight is 341 g/mol. The van der Waals surface area contributed by atoms with Crippen molar-refractivity contribution >= 4 is 21.7 Å². The zero-order valence-corrected chi connectivity index (χ0v) is 13.7. The van der Waals surface area contributed by atoms with Crippen LogP contribution in [0.1, 0.15) is 48.9 Å². The molecule has 0 amide bonds. The van der Waals surface area contributed by atoms with Gasteiger partial charge in [0, 0.05) is 17.0 Å². The Labute approximate surface area is 128 Å². The minimum absolute atomic E-state index is 0.142. The Balaban J connectivity index is 2.11. The summed E-state index contributed by atoms with van der Waals surface area (Å²) in [6.45, 7) is 0. The van der Waals surface area contributed by atoms with E-state index in [0.717, 1.165) is 16.8 Å². The van der Waals surface area contributed by atoms with Crippen LogP contribution in [0.5, 0.6) is 11.5 Å². The predicted molar refractivity (Wildman–Crippen MR) is 82.8 cm³/mol. The molecule has 0 radical (unpaired) electrons. The highest BCUT2D eigenvalue weighted by atomic mass is 79.9. The summed E-state index contributed by atoms with van der Waals surface area (Å²) in [4.78, 5) is 12.5. The van der Waals surface area contributed by atoms with Gasteiger partial charge < -0.3 is 9.47 Å². The Kier molecular flexibility index (Phi) is 5.46. The average Bonchev–Trinajstić information content (AvgIpc) is 2.97. The van der Waals surface area contributed by atoms with Crippen molar-refractivity contribution in [2.45, 2.75) is 38.5 Å². The predicted octanol–water partition coefficient (Wildman–Crippen LogP) is 4.62. The van der Waals surface area contributed by atoms with Gasteiger partial charge in [-0.1, -0.05) is 25.7 Å². The molecule has 110 valence electrons. The highest BCUT2D eigenvalue weighted by Crippen LogP contribution is 2.35. The summed E-state index contributed by atoms with van der Waals surface area (Å²) < 4.78 is 11.3. The summed E-state index contributed by atoms with van der Waals surface area (Å²) in [5, 5.41) is 0. The summed E-state index contributed by atoms with van der Waals surface area (Å²) in [5.74, 6) is 2.12. The van der Waals surface area contributed by atoms with Gasteiger partial charge in [0.1, 0.15) is 11.5 Å². The Bertz CT molecular complexity index is 479. The van der Waals surface area contributed by atoms with Crippen LogP contribution in [0.3, 0.4) is 0 Å². The van der Waals surface area contributed by atoms with Gasteiger partial charge in [-0.3, -0.25) is 4.79 Å². The number of halogens is 1. The van der Waals surface area contributed by atoms with E-state index in [4.69, 9.17) is 9.47 Å². The number of ketones is 1. The molecular formula is C16H21BrO3. The van der Waals surface area contributed by atoms with Crippen molar-refractivity contribution in [2.75, 3.05) is 14.2 Å². The van der Waals surface area contributed by atoms with Crippen LogP contribution in [0.25, 0.3) is 0 Å². The van der Waals surface area contributed by atoms with Crippen LogP contribution in [-0.2, 0) is 0 Å².